The predicted molar refractivity (Wildman–Crippen MR) is 86.6 cm³/mol. The molecule has 0 saturated heterocycles. The van der Waals surface area contributed by atoms with E-state index >= 15 is 0 Å². The van der Waals surface area contributed by atoms with E-state index in [9.17, 15) is 4.79 Å². The van der Waals surface area contributed by atoms with E-state index in [4.69, 9.17) is 0 Å². The summed E-state index contributed by atoms with van der Waals surface area (Å²) in [6.45, 7) is 4.41. The van der Waals surface area contributed by atoms with Crippen molar-refractivity contribution in [2.45, 2.75) is 52.4 Å². The van der Waals surface area contributed by atoms with Gasteiger partial charge in [-0.05, 0) is 53.6 Å². The predicted octanol–water partition coefficient (Wildman–Crippen LogP) is 5.34. The van der Waals surface area contributed by atoms with Crippen molar-refractivity contribution in [1.82, 2.24) is 0 Å². The Hall–Kier alpha value is -1.63. The number of aldehydes is 1. The van der Waals surface area contributed by atoms with Crippen molar-refractivity contribution < 1.29 is 4.79 Å². The summed E-state index contributed by atoms with van der Waals surface area (Å²) in [4.78, 5) is 11.3. The molecule has 2 aromatic carbocycles. The van der Waals surface area contributed by atoms with Gasteiger partial charge in [0.05, 0.1) is 0 Å². The number of carbonyl (C=O) groups is 1. The number of unbranched alkanes of at least 4 members (excludes halogenated alkanes) is 2. The van der Waals surface area contributed by atoms with Gasteiger partial charge in [0.25, 0.3) is 0 Å². The summed E-state index contributed by atoms with van der Waals surface area (Å²) in [5.41, 5.74) is 3.48. The van der Waals surface area contributed by atoms with Gasteiger partial charge in [-0.1, -0.05) is 51.0 Å². The molecule has 0 saturated carbocycles. The van der Waals surface area contributed by atoms with Crippen LogP contribution in [0.2, 0.25) is 0 Å². The molecule has 20 heavy (non-hydrogen) atoms. The number of fused-ring (bicyclic) bond motifs is 1. The summed E-state index contributed by atoms with van der Waals surface area (Å²) in [6.07, 6.45) is 7.87. The SMILES string of the molecule is CCCCc1cc2c(CCCC)cccc2cc1C=O. The van der Waals surface area contributed by atoms with Crippen LogP contribution in [0, 0.1) is 0 Å². The quantitative estimate of drug-likeness (QED) is 0.620. The lowest BCUT2D eigenvalue weighted by molar-refractivity contribution is 0.112. The third-order valence-corrected chi connectivity index (χ3v) is 3.96. The lowest BCUT2D eigenvalue weighted by Gasteiger charge is -2.11. The average Bonchev–Trinajstić information content (AvgIpc) is 2.49. The molecule has 0 aromatic heterocycles. The zero-order chi connectivity index (χ0) is 14.4. The molecule has 0 aliphatic rings. The van der Waals surface area contributed by atoms with Crippen molar-refractivity contribution in [2.75, 3.05) is 0 Å². The van der Waals surface area contributed by atoms with E-state index in [1.54, 1.807) is 0 Å². The number of hydrogen-bond acceptors (Lipinski definition) is 1. The van der Waals surface area contributed by atoms with Crippen molar-refractivity contribution in [1.29, 1.82) is 0 Å². The second-order valence-electron chi connectivity index (χ2n) is 5.51. The fourth-order valence-electron chi connectivity index (χ4n) is 2.73. The summed E-state index contributed by atoms with van der Waals surface area (Å²) in [5.74, 6) is 0. The summed E-state index contributed by atoms with van der Waals surface area (Å²) < 4.78 is 0. The molecule has 0 bridgehead atoms. The van der Waals surface area contributed by atoms with Gasteiger partial charge in [-0.3, -0.25) is 4.79 Å². The van der Waals surface area contributed by atoms with Crippen LogP contribution < -0.4 is 0 Å². The average molecular weight is 268 g/mol. The Balaban J connectivity index is 2.47. The van der Waals surface area contributed by atoms with E-state index in [-0.39, 0.29) is 0 Å². The van der Waals surface area contributed by atoms with E-state index in [2.05, 4.69) is 44.2 Å². The Labute approximate surface area is 122 Å². The zero-order valence-corrected chi connectivity index (χ0v) is 12.6. The second kappa shape index (κ2) is 7.23. The van der Waals surface area contributed by atoms with Gasteiger partial charge >= 0.3 is 0 Å². The number of rotatable bonds is 7. The lowest BCUT2D eigenvalue weighted by Crippen LogP contribution is -1.96. The summed E-state index contributed by atoms with van der Waals surface area (Å²) in [5, 5.41) is 2.53. The minimum atomic E-state index is 0.860. The van der Waals surface area contributed by atoms with Gasteiger partial charge in [0.1, 0.15) is 6.29 Å². The molecule has 1 heteroatoms. The highest BCUT2D eigenvalue weighted by molar-refractivity contribution is 5.92. The number of hydrogen-bond donors (Lipinski definition) is 0. The maximum absolute atomic E-state index is 11.3. The van der Waals surface area contributed by atoms with Crippen LogP contribution in [0.3, 0.4) is 0 Å². The highest BCUT2D eigenvalue weighted by Crippen LogP contribution is 2.25. The van der Waals surface area contributed by atoms with E-state index in [1.165, 1.54) is 34.7 Å². The largest absolute Gasteiger partial charge is 0.298 e. The Morgan fingerprint density at radius 1 is 0.950 bits per heavy atom. The first-order valence-corrected chi connectivity index (χ1v) is 7.79. The summed E-state index contributed by atoms with van der Waals surface area (Å²) in [7, 11) is 0. The second-order valence-corrected chi connectivity index (χ2v) is 5.51. The Morgan fingerprint density at radius 3 is 2.30 bits per heavy atom. The lowest BCUT2D eigenvalue weighted by atomic mass is 9.94. The van der Waals surface area contributed by atoms with Crippen LogP contribution >= 0.6 is 0 Å². The smallest absolute Gasteiger partial charge is 0.150 e. The normalized spacial score (nSPS) is 10.9. The van der Waals surface area contributed by atoms with Gasteiger partial charge in [-0.2, -0.15) is 0 Å². The van der Waals surface area contributed by atoms with Crippen LogP contribution in [0.4, 0.5) is 0 Å². The molecule has 2 rings (SSSR count). The third-order valence-electron chi connectivity index (χ3n) is 3.96. The highest BCUT2D eigenvalue weighted by Gasteiger charge is 2.07. The molecule has 0 heterocycles. The molecule has 0 aliphatic heterocycles. The highest BCUT2D eigenvalue weighted by atomic mass is 16.1. The molecule has 0 aliphatic carbocycles. The van der Waals surface area contributed by atoms with Crippen molar-refractivity contribution in [3.63, 3.8) is 0 Å². The molecule has 106 valence electrons. The van der Waals surface area contributed by atoms with E-state index in [0.717, 1.165) is 37.5 Å². The molecule has 0 radical (unpaired) electrons. The maximum Gasteiger partial charge on any atom is 0.150 e. The first-order chi connectivity index (χ1) is 9.80. The minimum absolute atomic E-state index is 0.860. The van der Waals surface area contributed by atoms with Gasteiger partial charge in [-0.25, -0.2) is 0 Å². The number of carbonyl (C=O) groups excluding carboxylic acids is 1. The van der Waals surface area contributed by atoms with Gasteiger partial charge in [-0.15, -0.1) is 0 Å². The number of aryl methyl sites for hydroxylation is 2. The van der Waals surface area contributed by atoms with Crippen LogP contribution in [-0.4, -0.2) is 6.29 Å². The van der Waals surface area contributed by atoms with Crippen LogP contribution in [0.25, 0.3) is 10.8 Å². The molecule has 0 N–H and O–H groups in total. The maximum atomic E-state index is 11.3. The topological polar surface area (TPSA) is 17.1 Å². The molecule has 0 atom stereocenters. The van der Waals surface area contributed by atoms with E-state index < -0.39 is 0 Å². The van der Waals surface area contributed by atoms with Crippen LogP contribution in [-0.2, 0) is 12.8 Å². The standard InChI is InChI=1S/C19H24O/c1-3-5-8-15-10-7-11-17-12-18(14-20)16(9-6-4-2)13-19(15)17/h7,10-14H,3-6,8-9H2,1-2H3. The molecule has 0 amide bonds. The van der Waals surface area contributed by atoms with Gasteiger partial charge < -0.3 is 0 Å². The Bertz CT molecular complexity index is 584. The Morgan fingerprint density at radius 2 is 1.65 bits per heavy atom. The summed E-state index contributed by atoms with van der Waals surface area (Å²) in [6, 6.07) is 10.7. The minimum Gasteiger partial charge on any atom is -0.298 e. The fourth-order valence-corrected chi connectivity index (χ4v) is 2.73. The van der Waals surface area contributed by atoms with Crippen molar-refractivity contribution in [2.24, 2.45) is 0 Å². The van der Waals surface area contributed by atoms with Gasteiger partial charge in [0.2, 0.25) is 0 Å². The first kappa shape index (κ1) is 14.8. The van der Waals surface area contributed by atoms with Crippen LogP contribution in [0.15, 0.2) is 30.3 Å². The van der Waals surface area contributed by atoms with E-state index in [1.807, 2.05) is 0 Å². The molecule has 1 nitrogen and oxygen atoms in total. The third kappa shape index (κ3) is 3.27. The van der Waals surface area contributed by atoms with Crippen LogP contribution in [0.1, 0.15) is 61.0 Å². The monoisotopic (exact) mass is 268 g/mol. The fraction of sp³-hybridized carbons (Fsp3) is 0.421. The Kier molecular flexibility index (Phi) is 5.34. The molecule has 0 unspecified atom stereocenters. The van der Waals surface area contributed by atoms with E-state index in [0.29, 0.717) is 0 Å². The summed E-state index contributed by atoms with van der Waals surface area (Å²) >= 11 is 0. The van der Waals surface area contributed by atoms with Crippen molar-refractivity contribution in [3.05, 3.63) is 47.0 Å². The van der Waals surface area contributed by atoms with Crippen molar-refractivity contribution in [3.8, 4) is 0 Å². The molecular formula is C19H24O. The first-order valence-electron chi connectivity index (χ1n) is 7.79. The van der Waals surface area contributed by atoms with Gasteiger partial charge in [0, 0.05) is 5.56 Å². The number of benzene rings is 2. The molecular weight excluding hydrogens is 244 g/mol. The van der Waals surface area contributed by atoms with Crippen molar-refractivity contribution >= 4 is 17.1 Å². The van der Waals surface area contributed by atoms with Gasteiger partial charge in [0.15, 0.2) is 0 Å². The molecule has 2 aromatic rings. The van der Waals surface area contributed by atoms with Crippen LogP contribution in [0.5, 0.6) is 0 Å². The molecule has 0 spiro atoms. The molecule has 0 fully saturated rings. The zero-order valence-electron chi connectivity index (χ0n) is 12.6.